The lowest BCUT2D eigenvalue weighted by molar-refractivity contribution is -0.274. The number of imidazole rings is 1. The van der Waals surface area contributed by atoms with Gasteiger partial charge in [-0.05, 0) is 42.5 Å². The van der Waals surface area contributed by atoms with Crippen molar-refractivity contribution in [3.05, 3.63) is 48.0 Å². The van der Waals surface area contributed by atoms with Crippen molar-refractivity contribution in [3.63, 3.8) is 0 Å². The van der Waals surface area contributed by atoms with Gasteiger partial charge >= 0.3 is 12.3 Å². The van der Waals surface area contributed by atoms with Crippen molar-refractivity contribution in [2.75, 3.05) is 11.9 Å². The molecule has 2 aromatic carbocycles. The number of hydrogen-bond acceptors (Lipinski definition) is 5. The number of aromatic amines is 1. The van der Waals surface area contributed by atoms with Gasteiger partial charge in [-0.25, -0.2) is 4.98 Å². The minimum absolute atomic E-state index is 0.00995. The molecule has 0 aliphatic heterocycles. The number of nitrogens with one attached hydrogen (secondary N) is 3. The van der Waals surface area contributed by atoms with Gasteiger partial charge in [-0.15, -0.1) is 13.2 Å². The number of ether oxygens (including phenoxy) is 1. The number of nitrogens with zero attached hydrogens (tertiary/aromatic N) is 1. The zero-order valence-corrected chi connectivity index (χ0v) is 14.7. The fourth-order valence-corrected chi connectivity index (χ4v) is 2.47. The standard InChI is InChI=1S/C18H15F3N4O4/c19-18(20,21)29-12-4-2-11(3-5-12)23-17-24-13-6-1-10(9-14(13)25-17)16(28)22-8-7-15(26)27/h1-6,9H,7-8H2,(H,22,28)(H,26,27)(H2,23,24,25). The van der Waals surface area contributed by atoms with E-state index in [0.29, 0.717) is 28.2 Å². The number of carboxylic acid groups (broad SMARTS) is 1. The third-order valence-electron chi connectivity index (χ3n) is 3.72. The Hall–Kier alpha value is -3.76. The molecule has 0 bridgehead atoms. The van der Waals surface area contributed by atoms with Gasteiger partial charge in [-0.2, -0.15) is 0 Å². The van der Waals surface area contributed by atoms with Gasteiger partial charge in [-0.1, -0.05) is 0 Å². The number of benzene rings is 2. The number of amides is 1. The maximum Gasteiger partial charge on any atom is 0.573 e. The Bertz CT molecular complexity index is 1030. The molecular formula is C18H15F3N4O4. The molecule has 0 fully saturated rings. The predicted octanol–water partition coefficient (Wildman–Crippen LogP) is 3.41. The first-order valence-electron chi connectivity index (χ1n) is 8.32. The Labute approximate surface area is 161 Å². The fourth-order valence-electron chi connectivity index (χ4n) is 2.47. The number of carbonyl (C=O) groups is 2. The maximum absolute atomic E-state index is 12.2. The number of H-pyrrole nitrogens is 1. The summed E-state index contributed by atoms with van der Waals surface area (Å²) in [5.74, 6) is -1.44. The van der Waals surface area contributed by atoms with Gasteiger partial charge in [0.15, 0.2) is 0 Å². The average molecular weight is 408 g/mol. The van der Waals surface area contributed by atoms with Crippen LogP contribution in [0.5, 0.6) is 5.75 Å². The molecule has 8 nitrogen and oxygen atoms in total. The SMILES string of the molecule is O=C(O)CCNC(=O)c1ccc2nc(Nc3ccc(OC(F)(F)F)cc3)[nH]c2c1. The molecule has 1 aromatic heterocycles. The van der Waals surface area contributed by atoms with Crippen molar-refractivity contribution < 1.29 is 32.6 Å². The summed E-state index contributed by atoms with van der Waals surface area (Å²) < 4.78 is 40.4. The Balaban J connectivity index is 1.68. The van der Waals surface area contributed by atoms with Crippen LogP contribution in [0.4, 0.5) is 24.8 Å². The highest BCUT2D eigenvalue weighted by Gasteiger charge is 2.30. The summed E-state index contributed by atoms with van der Waals surface area (Å²) in [5.41, 5.74) is 1.92. The number of anilines is 2. The molecule has 0 atom stereocenters. The number of fused-ring (bicyclic) bond motifs is 1. The summed E-state index contributed by atoms with van der Waals surface area (Å²) in [4.78, 5) is 29.8. The molecule has 4 N–H and O–H groups in total. The van der Waals surface area contributed by atoms with Gasteiger partial charge in [0.1, 0.15) is 5.75 Å². The van der Waals surface area contributed by atoms with Crippen LogP contribution < -0.4 is 15.4 Å². The van der Waals surface area contributed by atoms with Crippen molar-refractivity contribution in [1.82, 2.24) is 15.3 Å². The summed E-state index contributed by atoms with van der Waals surface area (Å²) in [6, 6.07) is 9.85. The van der Waals surface area contributed by atoms with Gasteiger partial charge < -0.3 is 25.5 Å². The Morgan fingerprint density at radius 3 is 2.52 bits per heavy atom. The van der Waals surface area contributed by atoms with E-state index < -0.39 is 18.2 Å². The lowest BCUT2D eigenvalue weighted by Crippen LogP contribution is -2.25. The van der Waals surface area contributed by atoms with Gasteiger partial charge in [0.25, 0.3) is 5.91 Å². The van der Waals surface area contributed by atoms with Crippen molar-refractivity contribution >= 4 is 34.5 Å². The largest absolute Gasteiger partial charge is 0.573 e. The zero-order valence-electron chi connectivity index (χ0n) is 14.7. The van der Waals surface area contributed by atoms with Crippen molar-refractivity contribution in [1.29, 1.82) is 0 Å². The first-order valence-corrected chi connectivity index (χ1v) is 8.32. The molecule has 3 aromatic rings. The number of rotatable bonds is 7. The van der Waals surface area contributed by atoms with E-state index in [2.05, 4.69) is 25.3 Å². The van der Waals surface area contributed by atoms with Gasteiger partial charge in [0.2, 0.25) is 5.95 Å². The Morgan fingerprint density at radius 1 is 1.14 bits per heavy atom. The molecule has 0 radical (unpaired) electrons. The summed E-state index contributed by atoms with van der Waals surface area (Å²) in [6.45, 7) is 0.00995. The fraction of sp³-hybridized carbons (Fsp3) is 0.167. The van der Waals surface area contributed by atoms with Crippen molar-refractivity contribution in [3.8, 4) is 5.75 Å². The smallest absolute Gasteiger partial charge is 0.481 e. The molecule has 1 amide bonds. The third kappa shape index (κ3) is 5.61. The second-order valence-corrected chi connectivity index (χ2v) is 5.91. The number of alkyl halides is 3. The monoisotopic (exact) mass is 408 g/mol. The van der Waals surface area contributed by atoms with Crippen LogP contribution in [0.2, 0.25) is 0 Å². The van der Waals surface area contributed by atoms with Crippen LogP contribution in [0.1, 0.15) is 16.8 Å². The van der Waals surface area contributed by atoms with Crippen LogP contribution in [0.3, 0.4) is 0 Å². The number of hydrogen-bond donors (Lipinski definition) is 4. The highest BCUT2D eigenvalue weighted by atomic mass is 19.4. The minimum Gasteiger partial charge on any atom is -0.481 e. The third-order valence-corrected chi connectivity index (χ3v) is 3.72. The molecule has 0 spiro atoms. The normalized spacial score (nSPS) is 11.3. The molecule has 0 saturated heterocycles. The molecule has 11 heteroatoms. The average Bonchev–Trinajstić information content (AvgIpc) is 3.03. The number of carboxylic acids is 1. The first kappa shape index (κ1) is 20.0. The first-order chi connectivity index (χ1) is 13.7. The van der Waals surface area contributed by atoms with Crippen LogP contribution in [0, 0.1) is 0 Å². The van der Waals surface area contributed by atoms with Crippen LogP contribution in [-0.2, 0) is 4.79 Å². The Kier molecular flexibility index (Phi) is 5.57. The van der Waals surface area contributed by atoms with E-state index in [-0.39, 0.29) is 18.7 Å². The molecule has 0 unspecified atom stereocenters. The molecule has 1 heterocycles. The molecule has 29 heavy (non-hydrogen) atoms. The van der Waals surface area contributed by atoms with E-state index in [9.17, 15) is 22.8 Å². The van der Waals surface area contributed by atoms with Crippen LogP contribution in [-0.4, -0.2) is 39.9 Å². The zero-order chi connectivity index (χ0) is 21.0. The van der Waals surface area contributed by atoms with Gasteiger partial charge in [0.05, 0.1) is 17.5 Å². The van der Waals surface area contributed by atoms with Gasteiger partial charge in [-0.3, -0.25) is 9.59 Å². The number of aliphatic carboxylic acids is 1. The second-order valence-electron chi connectivity index (χ2n) is 5.91. The van der Waals surface area contributed by atoms with Crippen molar-refractivity contribution in [2.24, 2.45) is 0 Å². The van der Waals surface area contributed by atoms with E-state index in [4.69, 9.17) is 5.11 Å². The molecule has 3 rings (SSSR count). The molecule has 152 valence electrons. The quantitative estimate of drug-likeness (QED) is 0.476. The maximum atomic E-state index is 12.2. The van der Waals surface area contributed by atoms with E-state index in [1.165, 1.54) is 12.1 Å². The lowest BCUT2D eigenvalue weighted by Gasteiger charge is -2.09. The van der Waals surface area contributed by atoms with E-state index >= 15 is 0 Å². The predicted molar refractivity (Wildman–Crippen MR) is 97.1 cm³/mol. The van der Waals surface area contributed by atoms with Crippen LogP contribution in [0.15, 0.2) is 42.5 Å². The van der Waals surface area contributed by atoms with E-state index in [0.717, 1.165) is 12.1 Å². The molecule has 0 saturated carbocycles. The van der Waals surface area contributed by atoms with Gasteiger partial charge in [0, 0.05) is 17.8 Å². The topological polar surface area (TPSA) is 116 Å². The van der Waals surface area contributed by atoms with E-state index in [1.807, 2.05) is 0 Å². The molecule has 0 aliphatic carbocycles. The van der Waals surface area contributed by atoms with Crippen LogP contribution >= 0.6 is 0 Å². The number of carbonyl (C=O) groups excluding carboxylic acids is 1. The number of aromatic nitrogens is 2. The Morgan fingerprint density at radius 2 is 1.86 bits per heavy atom. The summed E-state index contributed by atoms with van der Waals surface area (Å²) in [7, 11) is 0. The van der Waals surface area contributed by atoms with Crippen molar-refractivity contribution in [2.45, 2.75) is 12.8 Å². The lowest BCUT2D eigenvalue weighted by atomic mass is 10.2. The summed E-state index contributed by atoms with van der Waals surface area (Å²) in [6.07, 6.45) is -4.94. The summed E-state index contributed by atoms with van der Waals surface area (Å²) in [5, 5.41) is 14.0. The second kappa shape index (κ2) is 8.09. The van der Waals surface area contributed by atoms with E-state index in [1.54, 1.807) is 18.2 Å². The minimum atomic E-state index is -4.76. The number of halogens is 3. The summed E-state index contributed by atoms with van der Waals surface area (Å²) >= 11 is 0. The highest BCUT2D eigenvalue weighted by Crippen LogP contribution is 2.25. The van der Waals surface area contributed by atoms with Crippen LogP contribution in [0.25, 0.3) is 11.0 Å². The highest BCUT2D eigenvalue weighted by molar-refractivity contribution is 5.97. The molecular weight excluding hydrogens is 393 g/mol. The molecule has 0 aliphatic rings.